The van der Waals surface area contributed by atoms with E-state index in [1.54, 1.807) is 0 Å². The quantitative estimate of drug-likeness (QED) is 0.512. The van der Waals surface area contributed by atoms with Crippen molar-refractivity contribution in [2.24, 2.45) is 11.8 Å². The largest absolute Gasteiger partial charge is 0.413 e. The molecule has 0 radical (unpaired) electrons. The summed E-state index contributed by atoms with van der Waals surface area (Å²) in [5.74, 6) is 0.550. The fraction of sp³-hybridized carbons (Fsp3) is 1.00. The lowest BCUT2D eigenvalue weighted by Crippen LogP contribution is -2.52. The Bertz CT molecular complexity index is 406. The molecule has 0 aliphatic carbocycles. The molecule has 1 N–H and O–H groups in total. The zero-order valence-corrected chi connectivity index (χ0v) is 21.3. The number of hydrogen-bond donors (Lipinski definition) is 1. The molecule has 0 aromatic rings. The van der Waals surface area contributed by atoms with Gasteiger partial charge in [-0.25, -0.2) is 0 Å². The van der Waals surface area contributed by atoms with Crippen LogP contribution < -0.4 is 0 Å². The van der Waals surface area contributed by atoms with Crippen LogP contribution in [-0.4, -0.2) is 40.6 Å². The lowest BCUT2D eigenvalue weighted by Gasteiger charge is -2.46. The van der Waals surface area contributed by atoms with Crippen LogP contribution >= 0.6 is 0 Å². The second-order valence-electron chi connectivity index (χ2n) is 11.0. The second kappa shape index (κ2) is 8.55. The average molecular weight is 391 g/mol. The summed E-state index contributed by atoms with van der Waals surface area (Å²) in [4.78, 5) is 0. The molecule has 0 aromatic heterocycles. The van der Waals surface area contributed by atoms with E-state index in [-0.39, 0.29) is 34.8 Å². The molecule has 5 heteroatoms. The number of aliphatic hydroxyl groups is 1. The van der Waals surface area contributed by atoms with Crippen LogP contribution in [0.1, 0.15) is 62.3 Å². The molecule has 0 spiro atoms. The van der Waals surface area contributed by atoms with Crippen LogP contribution in [0.15, 0.2) is 0 Å². The van der Waals surface area contributed by atoms with Gasteiger partial charge in [-0.1, -0.05) is 62.3 Å². The van der Waals surface area contributed by atoms with E-state index in [9.17, 15) is 5.11 Å². The van der Waals surface area contributed by atoms with Gasteiger partial charge in [0.25, 0.3) is 0 Å². The van der Waals surface area contributed by atoms with E-state index in [2.05, 4.69) is 88.5 Å². The van der Waals surface area contributed by atoms with E-state index < -0.39 is 16.6 Å². The maximum atomic E-state index is 10.1. The first-order chi connectivity index (χ1) is 10.9. The minimum Gasteiger partial charge on any atom is -0.413 e. The molecule has 0 aromatic carbocycles. The summed E-state index contributed by atoms with van der Waals surface area (Å²) in [6, 6.07) is 0. The number of hydrogen-bond acceptors (Lipinski definition) is 3. The average Bonchev–Trinajstić information content (AvgIpc) is 2.38. The van der Waals surface area contributed by atoms with E-state index in [1.807, 2.05) is 0 Å². The topological polar surface area (TPSA) is 38.7 Å². The first-order valence-corrected chi connectivity index (χ1v) is 15.7. The highest BCUT2D eigenvalue weighted by Gasteiger charge is 2.44. The van der Waals surface area contributed by atoms with Gasteiger partial charge in [0, 0.05) is 5.92 Å². The molecule has 3 nitrogen and oxygen atoms in total. The summed E-state index contributed by atoms with van der Waals surface area (Å²) >= 11 is 0. The molecule has 0 saturated carbocycles. The number of aliphatic hydroxyl groups excluding tert-OH is 1. The van der Waals surface area contributed by atoms with Crippen LogP contribution in [0.5, 0.6) is 0 Å². The van der Waals surface area contributed by atoms with Crippen molar-refractivity contribution in [3.05, 3.63) is 0 Å². The third kappa shape index (κ3) is 6.76. The summed E-state index contributed by atoms with van der Waals surface area (Å²) in [7, 11) is -3.81. The van der Waals surface area contributed by atoms with Crippen LogP contribution in [0.3, 0.4) is 0 Å². The first-order valence-electron chi connectivity index (χ1n) is 9.84. The van der Waals surface area contributed by atoms with Crippen LogP contribution in [0.25, 0.3) is 0 Å². The zero-order chi connectivity index (χ0) is 20.4. The van der Waals surface area contributed by atoms with E-state index in [1.165, 1.54) is 0 Å². The maximum absolute atomic E-state index is 10.1. The van der Waals surface area contributed by atoms with Gasteiger partial charge in [0.15, 0.2) is 16.6 Å². The molecule has 0 saturated heterocycles. The van der Waals surface area contributed by atoms with Gasteiger partial charge >= 0.3 is 0 Å². The lowest BCUT2D eigenvalue weighted by atomic mass is 9.91. The van der Waals surface area contributed by atoms with Gasteiger partial charge in [0.05, 0.1) is 18.8 Å². The highest BCUT2D eigenvalue weighted by Crippen LogP contribution is 2.41. The molecule has 0 bridgehead atoms. The van der Waals surface area contributed by atoms with Crippen molar-refractivity contribution in [1.29, 1.82) is 0 Å². The molecular weight excluding hydrogens is 344 g/mol. The van der Waals surface area contributed by atoms with Crippen LogP contribution in [0.4, 0.5) is 0 Å². The van der Waals surface area contributed by atoms with Crippen LogP contribution in [0, 0.1) is 11.8 Å². The summed E-state index contributed by atoms with van der Waals surface area (Å²) in [6.07, 6.45) is -0.0686. The molecule has 0 aliphatic rings. The Balaban J connectivity index is 5.47. The van der Waals surface area contributed by atoms with E-state index in [4.69, 9.17) is 8.85 Å². The summed E-state index contributed by atoms with van der Waals surface area (Å²) < 4.78 is 13.3. The van der Waals surface area contributed by atoms with Crippen molar-refractivity contribution in [3.63, 3.8) is 0 Å². The third-order valence-corrected chi connectivity index (χ3v) is 15.4. The Hall–Kier alpha value is 0.314. The fourth-order valence-electron chi connectivity index (χ4n) is 2.45. The molecule has 25 heavy (non-hydrogen) atoms. The van der Waals surface area contributed by atoms with Gasteiger partial charge in [-0.05, 0) is 42.2 Å². The maximum Gasteiger partial charge on any atom is 0.192 e. The second-order valence-corrected chi connectivity index (χ2v) is 20.6. The fourth-order valence-corrected chi connectivity index (χ4v) is 5.37. The molecule has 0 amide bonds. The summed E-state index contributed by atoms with van der Waals surface area (Å²) in [5.41, 5.74) is 0. The molecule has 152 valence electrons. The molecular formula is C20H46O3Si2. The Morgan fingerprint density at radius 3 is 1.40 bits per heavy atom. The minimum atomic E-state index is -1.93. The van der Waals surface area contributed by atoms with Gasteiger partial charge in [0.1, 0.15) is 0 Å². The van der Waals surface area contributed by atoms with Crippen LogP contribution in [0.2, 0.25) is 36.3 Å². The number of rotatable bonds is 8. The van der Waals surface area contributed by atoms with Gasteiger partial charge in [-0.3, -0.25) is 0 Å². The highest BCUT2D eigenvalue weighted by atomic mass is 28.4. The monoisotopic (exact) mass is 390 g/mol. The Morgan fingerprint density at radius 1 is 0.760 bits per heavy atom. The molecule has 0 heterocycles. The predicted molar refractivity (Wildman–Crippen MR) is 115 cm³/mol. The minimum absolute atomic E-state index is 0.0533. The molecule has 0 fully saturated rings. The lowest BCUT2D eigenvalue weighted by molar-refractivity contribution is -0.0131. The normalized spacial score (nSPS) is 18.4. The van der Waals surface area contributed by atoms with Gasteiger partial charge in [-0.15, -0.1) is 0 Å². The molecule has 0 aliphatic heterocycles. The Labute approximate surface area is 160 Å². The van der Waals surface area contributed by atoms with E-state index in [0.29, 0.717) is 5.92 Å². The van der Waals surface area contributed by atoms with Crippen molar-refractivity contribution in [2.75, 3.05) is 6.61 Å². The molecule has 0 rings (SSSR count). The van der Waals surface area contributed by atoms with Gasteiger partial charge in [0.2, 0.25) is 0 Å². The summed E-state index contributed by atoms with van der Waals surface area (Å²) in [5, 5.41) is 10.4. The van der Waals surface area contributed by atoms with Crippen molar-refractivity contribution in [2.45, 2.75) is 111 Å². The molecule has 3 atom stereocenters. The Morgan fingerprint density at radius 2 is 1.12 bits per heavy atom. The van der Waals surface area contributed by atoms with Crippen molar-refractivity contribution in [1.82, 2.24) is 0 Å². The first kappa shape index (κ1) is 25.3. The molecule has 0 unspecified atom stereocenters. The van der Waals surface area contributed by atoms with Crippen molar-refractivity contribution >= 4 is 16.6 Å². The third-order valence-electron chi connectivity index (χ3n) is 6.43. The van der Waals surface area contributed by atoms with Crippen LogP contribution in [-0.2, 0) is 8.85 Å². The van der Waals surface area contributed by atoms with Gasteiger partial charge < -0.3 is 14.0 Å². The predicted octanol–water partition coefficient (Wildman–Crippen LogP) is 6.05. The van der Waals surface area contributed by atoms with Crippen molar-refractivity contribution in [3.8, 4) is 0 Å². The SMILES string of the molecule is CC(C)[C@@H](O[Si](C)(C)C(C)(C)C)[C@@H](C)[C@@H](CO)O[Si](C)(C)C(C)(C)C. The van der Waals surface area contributed by atoms with Gasteiger partial charge in [-0.2, -0.15) is 0 Å². The van der Waals surface area contributed by atoms with E-state index >= 15 is 0 Å². The summed E-state index contributed by atoms with van der Waals surface area (Å²) in [6.45, 7) is 29.3. The highest BCUT2D eigenvalue weighted by molar-refractivity contribution is 6.74. The van der Waals surface area contributed by atoms with Crippen molar-refractivity contribution < 1.29 is 14.0 Å². The zero-order valence-electron chi connectivity index (χ0n) is 19.3. The smallest absolute Gasteiger partial charge is 0.192 e. The standard InChI is InChI=1S/C20H46O3Si2/c1-15(2)18(23-25(12,13)20(7,8)9)16(3)17(14-21)22-24(10,11)19(4,5)6/h15-18,21H,14H2,1-13H3/t16-,17+,18+/m0/s1. The van der Waals surface area contributed by atoms with E-state index in [0.717, 1.165) is 0 Å². The Kier molecular flexibility index (Phi) is 8.66.